The minimum absolute atomic E-state index is 0.250. The average molecular weight is 315 g/mol. The van der Waals surface area contributed by atoms with Gasteiger partial charge in [0.05, 0.1) is 23.6 Å². The third kappa shape index (κ3) is 3.31. The average Bonchev–Trinajstić information content (AvgIpc) is 2.95. The number of pyridine rings is 1. The number of aromatic nitrogens is 1. The predicted molar refractivity (Wildman–Crippen MR) is 84.0 cm³/mol. The van der Waals surface area contributed by atoms with Crippen LogP contribution in [0.1, 0.15) is 27.2 Å². The molecule has 0 aliphatic carbocycles. The van der Waals surface area contributed by atoms with Crippen LogP contribution >= 0.6 is 0 Å². The first-order valence-corrected chi connectivity index (χ1v) is 7.04. The number of aryl methyl sites for hydroxylation is 2. The Hall–Kier alpha value is -2.89. The van der Waals surface area contributed by atoms with Gasteiger partial charge in [0.1, 0.15) is 5.75 Å². The lowest BCUT2D eigenvalue weighted by molar-refractivity contribution is -0.122. The van der Waals surface area contributed by atoms with Crippen molar-refractivity contribution in [2.75, 3.05) is 6.61 Å². The van der Waals surface area contributed by atoms with Crippen molar-refractivity contribution >= 4 is 12.4 Å². The fraction of sp³-hybridized carbons (Fsp3) is 0.235. The van der Waals surface area contributed by atoms with Crippen molar-refractivity contribution in [1.82, 2.24) is 4.98 Å². The number of carbonyl (C=O) groups is 2. The van der Waals surface area contributed by atoms with Crippen LogP contribution in [0.2, 0.25) is 0 Å². The van der Waals surface area contributed by atoms with E-state index >= 15 is 0 Å². The third-order valence-corrected chi connectivity index (χ3v) is 3.60. The van der Waals surface area contributed by atoms with Gasteiger partial charge in [0.15, 0.2) is 0 Å². The van der Waals surface area contributed by atoms with E-state index in [1.54, 1.807) is 13.8 Å². The van der Waals surface area contributed by atoms with Gasteiger partial charge in [-0.25, -0.2) is 4.79 Å². The zero-order chi connectivity index (χ0) is 17.0. The first-order valence-electron chi connectivity index (χ1n) is 7.04. The normalized spacial score (nSPS) is 11.7. The largest absolute Gasteiger partial charge is 0.492 e. The Bertz CT molecular complexity index is 732. The Balaban J connectivity index is 0.000000595. The molecule has 1 aromatic heterocycles. The molecule has 6 nitrogen and oxygen atoms in total. The van der Waals surface area contributed by atoms with Crippen molar-refractivity contribution in [3.05, 3.63) is 46.6 Å². The second-order valence-electron chi connectivity index (χ2n) is 5.09. The summed E-state index contributed by atoms with van der Waals surface area (Å²) in [6, 6.07) is 7.82. The molecule has 23 heavy (non-hydrogen) atoms. The van der Waals surface area contributed by atoms with E-state index < -0.39 is 5.97 Å². The number of benzene rings is 1. The summed E-state index contributed by atoms with van der Waals surface area (Å²) in [6.07, 6.45) is 0.911. The van der Waals surface area contributed by atoms with Gasteiger partial charge in [-0.05, 0) is 37.1 Å². The Morgan fingerprint density at radius 2 is 2.04 bits per heavy atom. The number of aromatic carboxylic acids is 1. The molecule has 0 amide bonds. The molecule has 2 heterocycles. The van der Waals surface area contributed by atoms with Crippen LogP contribution in [0, 0.1) is 13.8 Å². The van der Waals surface area contributed by atoms with Gasteiger partial charge in [-0.2, -0.15) is 0 Å². The number of ether oxygens (including phenoxy) is 1. The zero-order valence-corrected chi connectivity index (χ0v) is 12.9. The van der Waals surface area contributed by atoms with Crippen molar-refractivity contribution in [3.8, 4) is 17.0 Å². The molecule has 1 aromatic carbocycles. The topological polar surface area (TPSA) is 96.7 Å². The van der Waals surface area contributed by atoms with Crippen LogP contribution in [0.5, 0.6) is 5.75 Å². The highest BCUT2D eigenvalue weighted by Crippen LogP contribution is 2.36. The first-order chi connectivity index (χ1) is 11.0. The molecule has 0 fully saturated rings. The molecule has 0 radical (unpaired) electrons. The highest BCUT2D eigenvalue weighted by atomic mass is 16.5. The summed E-state index contributed by atoms with van der Waals surface area (Å²) >= 11 is 0. The van der Waals surface area contributed by atoms with Crippen LogP contribution in [-0.4, -0.2) is 34.2 Å². The van der Waals surface area contributed by atoms with E-state index in [1.165, 1.54) is 5.56 Å². The maximum Gasteiger partial charge on any atom is 0.337 e. The van der Waals surface area contributed by atoms with Crippen molar-refractivity contribution < 1.29 is 24.5 Å². The summed E-state index contributed by atoms with van der Waals surface area (Å²) in [4.78, 5) is 24.0. The second-order valence-corrected chi connectivity index (χ2v) is 5.09. The van der Waals surface area contributed by atoms with Crippen LogP contribution in [0.3, 0.4) is 0 Å². The van der Waals surface area contributed by atoms with E-state index in [9.17, 15) is 9.90 Å². The summed E-state index contributed by atoms with van der Waals surface area (Å²) in [5.41, 5.74) is 4.41. The van der Waals surface area contributed by atoms with Crippen LogP contribution in [0.25, 0.3) is 11.3 Å². The van der Waals surface area contributed by atoms with Crippen molar-refractivity contribution in [2.45, 2.75) is 20.3 Å². The fourth-order valence-corrected chi connectivity index (χ4v) is 2.71. The fourth-order valence-electron chi connectivity index (χ4n) is 2.71. The number of hydrogen-bond acceptors (Lipinski definition) is 4. The number of carboxylic acids is 1. The van der Waals surface area contributed by atoms with E-state index in [2.05, 4.69) is 11.1 Å². The van der Waals surface area contributed by atoms with Crippen LogP contribution in [-0.2, 0) is 11.2 Å². The summed E-state index contributed by atoms with van der Waals surface area (Å²) in [6.45, 7) is 3.97. The third-order valence-electron chi connectivity index (χ3n) is 3.60. The number of nitrogens with zero attached hydrogens (tertiary/aromatic N) is 1. The summed E-state index contributed by atoms with van der Waals surface area (Å²) in [5, 5.41) is 16.1. The summed E-state index contributed by atoms with van der Waals surface area (Å²) in [5.74, 6) is -0.0598. The standard InChI is InChI=1S/C16H15NO3.CH2O2/c1-9-8-13(17-10(2)14(9)16(18)19)12-5-3-4-11-6-7-20-15(11)12;2-1-3/h3-5,8H,6-7H2,1-2H3,(H,18,19);1H,(H,2,3). The van der Waals surface area contributed by atoms with Gasteiger partial charge in [0, 0.05) is 12.0 Å². The number of rotatable bonds is 2. The minimum Gasteiger partial charge on any atom is -0.492 e. The lowest BCUT2D eigenvalue weighted by atomic mass is 10.0. The summed E-state index contributed by atoms with van der Waals surface area (Å²) in [7, 11) is 0. The van der Waals surface area contributed by atoms with Gasteiger partial charge in [-0.3, -0.25) is 9.78 Å². The Morgan fingerprint density at radius 3 is 2.65 bits per heavy atom. The monoisotopic (exact) mass is 315 g/mol. The molecule has 1 aliphatic rings. The molecule has 3 rings (SSSR count). The van der Waals surface area contributed by atoms with Gasteiger partial charge >= 0.3 is 5.97 Å². The molecule has 0 bridgehead atoms. The Morgan fingerprint density at radius 1 is 1.35 bits per heavy atom. The first kappa shape index (κ1) is 16.5. The Labute approximate surface area is 133 Å². The number of carboxylic acid groups (broad SMARTS) is 2. The van der Waals surface area contributed by atoms with Gasteiger partial charge in [-0.15, -0.1) is 0 Å². The molecule has 0 atom stereocenters. The maximum atomic E-state index is 11.2. The molecule has 2 N–H and O–H groups in total. The minimum atomic E-state index is -0.936. The van der Waals surface area contributed by atoms with Gasteiger partial charge in [-0.1, -0.05) is 12.1 Å². The highest BCUT2D eigenvalue weighted by Gasteiger charge is 2.20. The smallest absolute Gasteiger partial charge is 0.337 e. The lowest BCUT2D eigenvalue weighted by Gasteiger charge is -2.11. The van der Waals surface area contributed by atoms with Crippen molar-refractivity contribution in [3.63, 3.8) is 0 Å². The SMILES string of the molecule is Cc1cc(-c2cccc3c2OCC3)nc(C)c1C(=O)O.O=CO. The zero-order valence-electron chi connectivity index (χ0n) is 12.9. The molecule has 0 saturated heterocycles. The van der Waals surface area contributed by atoms with Gasteiger partial charge in [0.25, 0.3) is 6.47 Å². The molecular weight excluding hydrogens is 298 g/mol. The second kappa shape index (κ2) is 6.91. The molecule has 120 valence electrons. The van der Waals surface area contributed by atoms with E-state index in [0.29, 0.717) is 12.3 Å². The van der Waals surface area contributed by atoms with Crippen LogP contribution in [0.4, 0.5) is 0 Å². The molecule has 2 aromatic rings. The molecule has 6 heteroatoms. The van der Waals surface area contributed by atoms with Crippen molar-refractivity contribution in [2.24, 2.45) is 0 Å². The van der Waals surface area contributed by atoms with Crippen molar-refractivity contribution in [1.29, 1.82) is 0 Å². The van der Waals surface area contributed by atoms with E-state index in [0.717, 1.165) is 29.0 Å². The van der Waals surface area contributed by atoms with Gasteiger partial charge in [0.2, 0.25) is 0 Å². The molecule has 1 aliphatic heterocycles. The van der Waals surface area contributed by atoms with Gasteiger partial charge < -0.3 is 14.9 Å². The lowest BCUT2D eigenvalue weighted by Crippen LogP contribution is -2.06. The number of fused-ring (bicyclic) bond motifs is 1. The Kier molecular flexibility index (Phi) is 4.95. The van der Waals surface area contributed by atoms with Crippen LogP contribution < -0.4 is 4.74 Å². The van der Waals surface area contributed by atoms with E-state index in [4.69, 9.17) is 14.6 Å². The van der Waals surface area contributed by atoms with E-state index in [1.807, 2.05) is 18.2 Å². The maximum absolute atomic E-state index is 11.2. The van der Waals surface area contributed by atoms with E-state index in [-0.39, 0.29) is 12.0 Å². The van der Waals surface area contributed by atoms with Crippen LogP contribution in [0.15, 0.2) is 24.3 Å². The number of hydrogen-bond donors (Lipinski definition) is 2. The quantitative estimate of drug-likeness (QED) is 0.827. The highest BCUT2D eigenvalue weighted by molar-refractivity contribution is 5.91. The summed E-state index contributed by atoms with van der Waals surface area (Å²) < 4.78 is 5.69. The molecule has 0 saturated carbocycles. The molecule has 0 spiro atoms. The number of para-hydroxylation sites is 1. The molecule has 0 unspecified atom stereocenters. The predicted octanol–water partition coefficient (Wildman–Crippen LogP) is 2.70. The molecular formula is C17H17NO5.